The first-order valence-electron chi connectivity index (χ1n) is 4.34. The third-order valence-corrected chi connectivity index (χ3v) is 1.72. The first kappa shape index (κ1) is 15.7. The number of esters is 2. The van der Waals surface area contributed by atoms with Gasteiger partial charge < -0.3 is 9.47 Å². The molecule has 0 radical (unpaired) electrons. The number of unbranched alkanes of at least 4 members (excludes halogenated alkanes) is 2. The monoisotopic (exact) mass is 224 g/mol. The number of rotatable bonds is 6. The van der Waals surface area contributed by atoms with Crippen LogP contribution in [0, 0.1) is 0 Å². The van der Waals surface area contributed by atoms with Crippen molar-refractivity contribution in [1.29, 1.82) is 0 Å². The molecule has 0 bridgehead atoms. The summed E-state index contributed by atoms with van der Waals surface area (Å²) in [6.45, 7) is 0. The predicted octanol–water partition coefficient (Wildman–Crippen LogP) is 1.70. The van der Waals surface area contributed by atoms with E-state index in [0.29, 0.717) is 12.8 Å². The lowest BCUT2D eigenvalue weighted by Gasteiger charge is -1.99. The Labute approximate surface area is 90.4 Å². The van der Waals surface area contributed by atoms with Gasteiger partial charge in [-0.25, -0.2) is 0 Å². The smallest absolute Gasteiger partial charge is 0.305 e. The fourth-order valence-electron chi connectivity index (χ4n) is 0.920. The summed E-state index contributed by atoms with van der Waals surface area (Å²) in [7, 11) is 2.74. The van der Waals surface area contributed by atoms with E-state index in [0.717, 1.165) is 19.3 Å². The zero-order valence-electron chi connectivity index (χ0n) is 8.58. The van der Waals surface area contributed by atoms with Crippen LogP contribution in [-0.4, -0.2) is 26.2 Å². The van der Waals surface area contributed by atoms with Crippen LogP contribution in [-0.2, 0) is 19.1 Å². The fourth-order valence-corrected chi connectivity index (χ4v) is 0.920. The summed E-state index contributed by atoms with van der Waals surface area (Å²) in [5, 5.41) is 0. The number of carbonyl (C=O) groups is 2. The van der Waals surface area contributed by atoms with Gasteiger partial charge in [-0.2, -0.15) is 0 Å². The first-order chi connectivity index (χ1) is 6.20. The summed E-state index contributed by atoms with van der Waals surface area (Å²) in [4.78, 5) is 21.3. The van der Waals surface area contributed by atoms with E-state index in [1.165, 1.54) is 14.2 Å². The maximum atomic E-state index is 10.7. The molecule has 0 heterocycles. The van der Waals surface area contributed by atoms with Crippen molar-refractivity contribution >= 4 is 24.3 Å². The van der Waals surface area contributed by atoms with E-state index in [1.807, 2.05) is 0 Å². The van der Waals surface area contributed by atoms with Crippen LogP contribution in [0.2, 0.25) is 0 Å². The topological polar surface area (TPSA) is 52.6 Å². The van der Waals surface area contributed by atoms with Crippen molar-refractivity contribution in [3.63, 3.8) is 0 Å². The molecule has 0 aromatic rings. The average molecular weight is 225 g/mol. The second kappa shape index (κ2) is 10.3. The lowest BCUT2D eigenvalue weighted by atomic mass is 10.1. The minimum Gasteiger partial charge on any atom is -0.469 e. The second-order valence-electron chi connectivity index (χ2n) is 2.71. The van der Waals surface area contributed by atoms with Gasteiger partial charge in [-0.1, -0.05) is 6.42 Å². The Balaban J connectivity index is 0. The Morgan fingerprint density at radius 3 is 1.50 bits per heavy atom. The lowest BCUT2D eigenvalue weighted by Crippen LogP contribution is -2.01. The minimum absolute atomic E-state index is 0. The van der Waals surface area contributed by atoms with Crippen LogP contribution in [0.15, 0.2) is 0 Å². The molecule has 0 unspecified atom stereocenters. The van der Waals surface area contributed by atoms with Crippen molar-refractivity contribution in [2.45, 2.75) is 32.1 Å². The van der Waals surface area contributed by atoms with E-state index >= 15 is 0 Å². The SMILES string of the molecule is COC(=O)CCCCCC(=O)OC.Cl. The van der Waals surface area contributed by atoms with Crippen molar-refractivity contribution < 1.29 is 19.1 Å². The Morgan fingerprint density at radius 2 is 1.21 bits per heavy atom. The molecule has 0 aliphatic rings. The molecule has 0 atom stereocenters. The van der Waals surface area contributed by atoms with Gasteiger partial charge in [0.05, 0.1) is 14.2 Å². The standard InChI is InChI=1S/C9H16O4.ClH/c1-12-8(10)6-4-3-5-7-9(11)13-2;/h3-7H2,1-2H3;1H. The van der Waals surface area contributed by atoms with E-state index in [9.17, 15) is 9.59 Å². The molecule has 0 aromatic carbocycles. The molecular weight excluding hydrogens is 208 g/mol. The van der Waals surface area contributed by atoms with Gasteiger partial charge in [-0.05, 0) is 12.8 Å². The molecule has 0 amide bonds. The van der Waals surface area contributed by atoms with Gasteiger partial charge in [0.15, 0.2) is 0 Å². The molecule has 0 fully saturated rings. The molecule has 0 aliphatic carbocycles. The summed E-state index contributed by atoms with van der Waals surface area (Å²) in [6, 6.07) is 0. The van der Waals surface area contributed by atoms with Crippen LogP contribution in [0.3, 0.4) is 0 Å². The molecule has 0 saturated heterocycles. The number of halogens is 1. The van der Waals surface area contributed by atoms with Crippen LogP contribution in [0.25, 0.3) is 0 Å². The van der Waals surface area contributed by atoms with Crippen LogP contribution >= 0.6 is 12.4 Å². The van der Waals surface area contributed by atoms with E-state index in [1.54, 1.807) is 0 Å². The first-order valence-corrected chi connectivity index (χ1v) is 4.34. The number of hydrogen-bond donors (Lipinski definition) is 0. The van der Waals surface area contributed by atoms with Crippen molar-refractivity contribution in [2.24, 2.45) is 0 Å². The highest BCUT2D eigenvalue weighted by atomic mass is 35.5. The fraction of sp³-hybridized carbons (Fsp3) is 0.778. The summed E-state index contributed by atoms with van der Waals surface area (Å²) < 4.78 is 8.94. The zero-order valence-corrected chi connectivity index (χ0v) is 9.39. The van der Waals surface area contributed by atoms with E-state index < -0.39 is 0 Å². The molecule has 0 N–H and O–H groups in total. The molecule has 0 spiro atoms. The van der Waals surface area contributed by atoms with Crippen molar-refractivity contribution in [3.8, 4) is 0 Å². The number of methoxy groups -OCH3 is 2. The molecule has 5 heteroatoms. The lowest BCUT2D eigenvalue weighted by molar-refractivity contribution is -0.141. The maximum Gasteiger partial charge on any atom is 0.305 e. The van der Waals surface area contributed by atoms with Gasteiger partial charge in [0.2, 0.25) is 0 Å². The van der Waals surface area contributed by atoms with E-state index in [2.05, 4.69) is 9.47 Å². The summed E-state index contributed by atoms with van der Waals surface area (Å²) in [5.74, 6) is -0.392. The Morgan fingerprint density at radius 1 is 0.857 bits per heavy atom. The van der Waals surface area contributed by atoms with Crippen molar-refractivity contribution in [1.82, 2.24) is 0 Å². The van der Waals surface area contributed by atoms with Gasteiger partial charge in [0, 0.05) is 12.8 Å². The largest absolute Gasteiger partial charge is 0.469 e. The van der Waals surface area contributed by atoms with Gasteiger partial charge in [0.1, 0.15) is 0 Å². The maximum absolute atomic E-state index is 10.7. The third-order valence-electron chi connectivity index (χ3n) is 1.72. The predicted molar refractivity (Wildman–Crippen MR) is 54.4 cm³/mol. The molecular formula is C9H17ClO4. The highest BCUT2D eigenvalue weighted by molar-refractivity contribution is 5.85. The number of carbonyl (C=O) groups excluding carboxylic acids is 2. The third kappa shape index (κ3) is 9.32. The summed E-state index contributed by atoms with van der Waals surface area (Å²) in [5.41, 5.74) is 0. The van der Waals surface area contributed by atoms with Crippen LogP contribution in [0.5, 0.6) is 0 Å². The minimum atomic E-state index is -0.196. The second-order valence-corrected chi connectivity index (χ2v) is 2.71. The van der Waals surface area contributed by atoms with Crippen LogP contribution < -0.4 is 0 Å². The van der Waals surface area contributed by atoms with Crippen LogP contribution in [0.4, 0.5) is 0 Å². The molecule has 0 aromatic heterocycles. The Kier molecular flexibility index (Phi) is 11.6. The van der Waals surface area contributed by atoms with E-state index in [-0.39, 0.29) is 24.3 Å². The quantitative estimate of drug-likeness (QED) is 0.509. The van der Waals surface area contributed by atoms with Crippen LogP contribution in [0.1, 0.15) is 32.1 Å². The van der Waals surface area contributed by atoms with Gasteiger partial charge in [0.25, 0.3) is 0 Å². The Hall–Kier alpha value is -0.770. The highest BCUT2D eigenvalue weighted by Gasteiger charge is 2.01. The highest BCUT2D eigenvalue weighted by Crippen LogP contribution is 2.04. The number of ether oxygens (including phenoxy) is 2. The van der Waals surface area contributed by atoms with E-state index in [4.69, 9.17) is 0 Å². The summed E-state index contributed by atoms with van der Waals surface area (Å²) >= 11 is 0. The molecule has 14 heavy (non-hydrogen) atoms. The van der Waals surface area contributed by atoms with Crippen molar-refractivity contribution in [2.75, 3.05) is 14.2 Å². The average Bonchev–Trinajstić information content (AvgIpc) is 2.16. The number of hydrogen-bond acceptors (Lipinski definition) is 4. The molecule has 84 valence electrons. The molecule has 0 rings (SSSR count). The normalized spacial score (nSPS) is 8.71. The Bertz CT molecular complexity index is 152. The van der Waals surface area contributed by atoms with Crippen molar-refractivity contribution in [3.05, 3.63) is 0 Å². The summed E-state index contributed by atoms with van der Waals surface area (Å²) in [6.07, 6.45) is 3.24. The molecule has 0 saturated carbocycles. The molecule has 4 nitrogen and oxygen atoms in total. The zero-order chi connectivity index (χ0) is 10.1. The van der Waals surface area contributed by atoms with Gasteiger partial charge in [-0.15, -0.1) is 12.4 Å². The molecule has 0 aliphatic heterocycles. The van der Waals surface area contributed by atoms with Gasteiger partial charge >= 0.3 is 11.9 Å². The van der Waals surface area contributed by atoms with Gasteiger partial charge in [-0.3, -0.25) is 9.59 Å².